The van der Waals surface area contributed by atoms with Gasteiger partial charge in [0.05, 0.1) is 5.52 Å². The quantitative estimate of drug-likeness (QED) is 0.554. The van der Waals surface area contributed by atoms with E-state index in [2.05, 4.69) is 15.6 Å². The summed E-state index contributed by atoms with van der Waals surface area (Å²) in [5, 5.41) is 16.5. The van der Waals surface area contributed by atoms with Crippen molar-refractivity contribution in [3.63, 3.8) is 0 Å². The van der Waals surface area contributed by atoms with Gasteiger partial charge in [0.25, 0.3) is 0 Å². The van der Waals surface area contributed by atoms with Crippen LogP contribution < -0.4 is 10.6 Å². The molecule has 1 aromatic heterocycles. The largest absolute Gasteiger partial charge is 0.329 e. The number of carbonyl (C=O) groups is 3. The molecule has 8 nitrogen and oxygen atoms in total. The fraction of sp³-hybridized carbons (Fsp3) is 0.333. The summed E-state index contributed by atoms with van der Waals surface area (Å²) >= 11 is 0. The molecule has 2 aromatic rings. The van der Waals surface area contributed by atoms with Crippen LogP contribution in [0.4, 0.5) is 4.79 Å². The standard InChI is InChI=1S/C18H18N4O4/c23-15-18(16(24)21-17(25)20-15,22(26)10-4-1-5-11-22)14-9-8-12-6-2-3-7-13(12)19-14/h2-3,6-9,26H,1,4-5,10-11H2,(H-,20,21,23,24,25)/p+1. The highest BCUT2D eigenvalue weighted by molar-refractivity contribution is 6.21. The van der Waals surface area contributed by atoms with Gasteiger partial charge >= 0.3 is 23.4 Å². The van der Waals surface area contributed by atoms with Gasteiger partial charge in [-0.15, -0.1) is 0 Å². The first-order valence-electron chi connectivity index (χ1n) is 8.60. The lowest BCUT2D eigenvalue weighted by molar-refractivity contribution is -1.13. The Balaban J connectivity index is 1.96. The third-order valence-electron chi connectivity index (χ3n) is 5.26. The zero-order valence-corrected chi connectivity index (χ0v) is 14.1. The van der Waals surface area contributed by atoms with E-state index in [9.17, 15) is 19.6 Å². The van der Waals surface area contributed by atoms with Gasteiger partial charge in [-0.05, 0) is 31.4 Å². The minimum atomic E-state index is -2.02. The van der Waals surface area contributed by atoms with E-state index in [-0.39, 0.29) is 18.8 Å². The zero-order chi connectivity index (χ0) is 18.4. The van der Waals surface area contributed by atoms with E-state index >= 15 is 0 Å². The first kappa shape index (κ1) is 16.6. The molecule has 0 spiro atoms. The van der Waals surface area contributed by atoms with Crippen LogP contribution >= 0.6 is 0 Å². The minimum Gasteiger partial charge on any atom is -0.271 e. The predicted octanol–water partition coefficient (Wildman–Crippen LogP) is 1.19. The number of pyridine rings is 1. The van der Waals surface area contributed by atoms with Crippen molar-refractivity contribution in [1.29, 1.82) is 0 Å². The fourth-order valence-corrected chi connectivity index (χ4v) is 3.98. The number of fused-ring (bicyclic) bond motifs is 1. The molecule has 2 saturated heterocycles. The molecule has 3 N–H and O–H groups in total. The van der Waals surface area contributed by atoms with E-state index in [1.54, 1.807) is 24.3 Å². The van der Waals surface area contributed by atoms with E-state index < -0.39 is 28.0 Å². The third kappa shape index (κ3) is 2.23. The predicted molar refractivity (Wildman–Crippen MR) is 90.7 cm³/mol. The van der Waals surface area contributed by atoms with E-state index in [4.69, 9.17) is 0 Å². The van der Waals surface area contributed by atoms with Crippen molar-refractivity contribution in [3.8, 4) is 0 Å². The molecule has 0 unspecified atom stereocenters. The van der Waals surface area contributed by atoms with Gasteiger partial charge in [0.1, 0.15) is 18.8 Å². The van der Waals surface area contributed by atoms with Gasteiger partial charge in [-0.3, -0.25) is 20.2 Å². The van der Waals surface area contributed by atoms with Gasteiger partial charge in [-0.2, -0.15) is 4.65 Å². The maximum atomic E-state index is 13.0. The summed E-state index contributed by atoms with van der Waals surface area (Å²) < 4.78 is -0.788. The van der Waals surface area contributed by atoms with Crippen molar-refractivity contribution in [2.24, 2.45) is 0 Å². The Labute approximate surface area is 149 Å². The number of aromatic nitrogens is 1. The zero-order valence-electron chi connectivity index (χ0n) is 14.1. The number of imide groups is 2. The van der Waals surface area contributed by atoms with Crippen molar-refractivity contribution in [3.05, 3.63) is 42.1 Å². The molecule has 8 heteroatoms. The number of carbonyl (C=O) groups excluding carboxylic acids is 3. The van der Waals surface area contributed by atoms with Crippen LogP contribution in [0.2, 0.25) is 0 Å². The molecule has 1 aromatic carbocycles. The Hall–Kier alpha value is -2.84. The Morgan fingerprint density at radius 2 is 1.58 bits per heavy atom. The molecule has 0 radical (unpaired) electrons. The summed E-state index contributed by atoms with van der Waals surface area (Å²) in [6, 6.07) is 9.75. The topological polar surface area (TPSA) is 108 Å². The Morgan fingerprint density at radius 1 is 0.923 bits per heavy atom. The Bertz CT molecular complexity index is 900. The number of para-hydroxylation sites is 1. The van der Waals surface area contributed by atoms with E-state index in [0.717, 1.165) is 11.8 Å². The number of nitrogens with zero attached hydrogens (tertiary/aromatic N) is 2. The molecule has 4 rings (SSSR count). The van der Waals surface area contributed by atoms with Crippen LogP contribution in [0.1, 0.15) is 25.0 Å². The minimum absolute atomic E-state index is 0.128. The monoisotopic (exact) mass is 355 g/mol. The number of benzene rings is 1. The fourth-order valence-electron chi connectivity index (χ4n) is 3.98. The van der Waals surface area contributed by atoms with Crippen LogP contribution in [0.3, 0.4) is 0 Å². The van der Waals surface area contributed by atoms with Crippen molar-refractivity contribution < 1.29 is 24.2 Å². The molecular formula is C18H19N4O4+. The lowest BCUT2D eigenvalue weighted by Crippen LogP contribution is -2.78. The maximum absolute atomic E-state index is 13.0. The summed E-state index contributed by atoms with van der Waals surface area (Å²) in [6.45, 7) is 0.451. The van der Waals surface area contributed by atoms with Gasteiger partial charge in [0, 0.05) is 5.39 Å². The summed E-state index contributed by atoms with van der Waals surface area (Å²) in [4.78, 5) is 42.1. The molecule has 2 aliphatic heterocycles. The second kappa shape index (κ2) is 5.86. The molecular weight excluding hydrogens is 336 g/mol. The van der Waals surface area contributed by atoms with Crippen molar-refractivity contribution in [2.45, 2.75) is 24.8 Å². The first-order chi connectivity index (χ1) is 12.5. The summed E-state index contributed by atoms with van der Waals surface area (Å²) in [6.07, 6.45) is 2.24. The molecule has 3 heterocycles. The molecule has 134 valence electrons. The molecule has 4 amide bonds. The number of rotatable bonds is 2. The van der Waals surface area contributed by atoms with Crippen LogP contribution in [0, 0.1) is 0 Å². The normalized spacial score (nSPS) is 22.0. The molecule has 0 bridgehead atoms. The lowest BCUT2D eigenvalue weighted by Gasteiger charge is -2.46. The summed E-state index contributed by atoms with van der Waals surface area (Å²) in [5.74, 6) is -1.70. The number of hydrogen-bond donors (Lipinski definition) is 3. The van der Waals surface area contributed by atoms with Gasteiger partial charge in [-0.25, -0.2) is 15.0 Å². The Kier molecular flexibility index (Phi) is 3.74. The first-order valence-corrected chi connectivity index (χ1v) is 8.60. The highest BCUT2D eigenvalue weighted by atomic mass is 16.6. The number of quaternary nitrogens is 1. The van der Waals surface area contributed by atoms with Gasteiger partial charge in [0.15, 0.2) is 0 Å². The van der Waals surface area contributed by atoms with Crippen LogP contribution in [0.15, 0.2) is 36.4 Å². The van der Waals surface area contributed by atoms with Crippen LogP contribution in [0.25, 0.3) is 10.9 Å². The maximum Gasteiger partial charge on any atom is 0.329 e. The van der Waals surface area contributed by atoms with Crippen LogP contribution in [0.5, 0.6) is 0 Å². The molecule has 0 aliphatic carbocycles. The van der Waals surface area contributed by atoms with E-state index in [1.165, 1.54) is 0 Å². The SMILES string of the molecule is O=C1NC(=O)C(c2ccc3ccccc3n2)([N+]2(O)CCCCC2)C(=O)N1. The lowest BCUT2D eigenvalue weighted by atomic mass is 9.85. The number of barbiturate groups is 1. The number of piperidine rings is 1. The molecule has 26 heavy (non-hydrogen) atoms. The second-order valence-corrected chi connectivity index (χ2v) is 6.77. The van der Waals surface area contributed by atoms with Crippen LogP contribution in [-0.2, 0) is 15.1 Å². The smallest absolute Gasteiger partial charge is 0.271 e. The number of amides is 4. The summed E-state index contributed by atoms with van der Waals surface area (Å²) in [7, 11) is 0. The number of nitrogens with one attached hydrogen (secondary N) is 2. The Morgan fingerprint density at radius 3 is 2.27 bits per heavy atom. The van der Waals surface area contributed by atoms with Crippen molar-refractivity contribution in [2.75, 3.05) is 13.1 Å². The van der Waals surface area contributed by atoms with Gasteiger partial charge < -0.3 is 0 Å². The van der Waals surface area contributed by atoms with Crippen molar-refractivity contribution in [1.82, 2.24) is 15.6 Å². The third-order valence-corrected chi connectivity index (χ3v) is 5.26. The molecule has 2 aliphatic rings. The number of hydroxylamine groups is 3. The van der Waals surface area contributed by atoms with Crippen LogP contribution in [-0.4, -0.2) is 45.8 Å². The number of likely N-dealkylation sites (tertiary alicyclic amines) is 1. The van der Waals surface area contributed by atoms with Gasteiger partial charge in [0.2, 0.25) is 0 Å². The van der Waals surface area contributed by atoms with E-state index in [0.29, 0.717) is 18.4 Å². The molecule has 2 fully saturated rings. The average Bonchev–Trinajstić information content (AvgIpc) is 2.61. The number of urea groups is 1. The van der Waals surface area contributed by atoms with Crippen molar-refractivity contribution >= 4 is 28.7 Å². The number of hydrogen-bond acceptors (Lipinski definition) is 5. The van der Waals surface area contributed by atoms with Gasteiger partial charge in [-0.1, -0.05) is 24.3 Å². The summed E-state index contributed by atoms with van der Waals surface area (Å²) in [5.41, 5.74) is -1.29. The van der Waals surface area contributed by atoms with E-state index in [1.807, 2.05) is 12.1 Å². The molecule has 0 saturated carbocycles. The average molecular weight is 355 g/mol. The molecule has 0 atom stereocenters. The highest BCUT2D eigenvalue weighted by Gasteiger charge is 2.68. The highest BCUT2D eigenvalue weighted by Crippen LogP contribution is 2.38. The second-order valence-electron chi connectivity index (χ2n) is 6.77.